The van der Waals surface area contributed by atoms with Crippen molar-refractivity contribution in [1.29, 1.82) is 0 Å². The first-order valence-electron chi connectivity index (χ1n) is 8.69. The first-order chi connectivity index (χ1) is 13.1. The first-order valence-corrected chi connectivity index (χ1v) is 9.68. The number of nitrogens with one attached hydrogen (secondary N) is 1. The zero-order valence-electron chi connectivity index (χ0n) is 15.6. The minimum atomic E-state index is -0.0720. The molecule has 0 bridgehead atoms. The van der Waals surface area contributed by atoms with Crippen molar-refractivity contribution in [3.05, 3.63) is 54.1 Å². The quantitative estimate of drug-likeness (QED) is 0.627. The summed E-state index contributed by atoms with van der Waals surface area (Å²) in [5.74, 6) is 1.72. The molecule has 1 aromatic heterocycles. The summed E-state index contributed by atoms with van der Waals surface area (Å²) >= 11 is 1.36. The van der Waals surface area contributed by atoms with Gasteiger partial charge in [-0.3, -0.25) is 4.79 Å². The smallest absolute Gasteiger partial charge is 0.234 e. The lowest BCUT2D eigenvalue weighted by molar-refractivity contribution is -0.113. The predicted molar refractivity (Wildman–Crippen MR) is 108 cm³/mol. The zero-order valence-corrected chi connectivity index (χ0v) is 16.4. The monoisotopic (exact) mass is 382 g/mol. The van der Waals surface area contributed by atoms with Crippen LogP contribution in [0.15, 0.2) is 53.7 Å². The number of anilines is 1. The van der Waals surface area contributed by atoms with E-state index in [0.29, 0.717) is 11.8 Å². The highest BCUT2D eigenvalue weighted by molar-refractivity contribution is 7.99. The van der Waals surface area contributed by atoms with Crippen LogP contribution in [0.1, 0.15) is 12.5 Å². The van der Waals surface area contributed by atoms with Crippen LogP contribution < -0.4 is 10.1 Å². The molecule has 0 aliphatic rings. The second-order valence-electron chi connectivity index (χ2n) is 5.98. The maximum absolute atomic E-state index is 12.2. The van der Waals surface area contributed by atoms with E-state index in [9.17, 15) is 4.79 Å². The maximum atomic E-state index is 12.2. The van der Waals surface area contributed by atoms with Crippen LogP contribution in [0, 0.1) is 6.92 Å². The molecule has 27 heavy (non-hydrogen) atoms. The van der Waals surface area contributed by atoms with Gasteiger partial charge in [0.05, 0.1) is 12.4 Å². The third kappa shape index (κ3) is 4.68. The molecular weight excluding hydrogens is 360 g/mol. The fraction of sp³-hybridized carbons (Fsp3) is 0.250. The van der Waals surface area contributed by atoms with Gasteiger partial charge in [0.15, 0.2) is 11.0 Å². The fourth-order valence-corrected chi connectivity index (χ4v) is 3.32. The van der Waals surface area contributed by atoms with Crippen LogP contribution in [0.2, 0.25) is 0 Å². The number of hydrogen-bond donors (Lipinski definition) is 1. The fourth-order valence-electron chi connectivity index (χ4n) is 2.61. The average Bonchev–Trinajstić information content (AvgIpc) is 3.03. The van der Waals surface area contributed by atoms with E-state index < -0.39 is 0 Å². The summed E-state index contributed by atoms with van der Waals surface area (Å²) in [6, 6.07) is 15.4. The van der Waals surface area contributed by atoms with Crippen LogP contribution in [0.25, 0.3) is 11.4 Å². The van der Waals surface area contributed by atoms with Crippen molar-refractivity contribution in [3.63, 3.8) is 0 Å². The molecule has 2 aromatic carbocycles. The van der Waals surface area contributed by atoms with Crippen LogP contribution in [0.4, 0.5) is 5.69 Å². The number of amides is 1. The Kier molecular flexibility index (Phi) is 6.13. The van der Waals surface area contributed by atoms with Gasteiger partial charge in [0.1, 0.15) is 5.75 Å². The number of carbonyl (C=O) groups excluding carboxylic acids is 1. The van der Waals surface area contributed by atoms with Crippen molar-refractivity contribution < 1.29 is 9.53 Å². The number of carbonyl (C=O) groups is 1. The van der Waals surface area contributed by atoms with Gasteiger partial charge in [-0.2, -0.15) is 0 Å². The summed E-state index contributed by atoms with van der Waals surface area (Å²) < 4.78 is 7.43. The van der Waals surface area contributed by atoms with Gasteiger partial charge in [-0.1, -0.05) is 42.1 Å². The zero-order chi connectivity index (χ0) is 19.2. The van der Waals surface area contributed by atoms with E-state index in [4.69, 9.17) is 4.74 Å². The summed E-state index contributed by atoms with van der Waals surface area (Å²) in [5.41, 5.74) is 2.78. The van der Waals surface area contributed by atoms with Gasteiger partial charge in [-0.15, -0.1) is 10.2 Å². The normalized spacial score (nSPS) is 10.6. The summed E-state index contributed by atoms with van der Waals surface area (Å²) in [6.07, 6.45) is 0. The number of nitrogens with zero attached hydrogens (tertiary/aromatic N) is 3. The van der Waals surface area contributed by atoms with E-state index >= 15 is 0 Å². The van der Waals surface area contributed by atoms with Crippen LogP contribution >= 0.6 is 11.8 Å². The highest BCUT2D eigenvalue weighted by atomic mass is 32.2. The number of benzene rings is 2. The Morgan fingerprint density at radius 3 is 2.78 bits per heavy atom. The molecule has 6 nitrogen and oxygen atoms in total. The van der Waals surface area contributed by atoms with E-state index in [1.165, 1.54) is 11.8 Å². The topological polar surface area (TPSA) is 69.0 Å². The molecule has 140 valence electrons. The Bertz CT molecular complexity index is 939. The molecule has 0 radical (unpaired) electrons. The Labute approximate surface area is 163 Å². The number of aryl methyl sites for hydroxylation is 1. The summed E-state index contributed by atoms with van der Waals surface area (Å²) in [5, 5.41) is 12.1. The number of ether oxygens (including phenoxy) is 1. The lowest BCUT2D eigenvalue weighted by Crippen LogP contribution is -2.15. The van der Waals surface area contributed by atoms with Crippen molar-refractivity contribution in [2.75, 3.05) is 17.7 Å². The Hall–Kier alpha value is -2.80. The van der Waals surface area contributed by atoms with Crippen molar-refractivity contribution in [2.24, 2.45) is 7.05 Å². The molecule has 0 unspecified atom stereocenters. The molecular formula is C20H22N4O2S. The number of thioether (sulfide) groups is 1. The van der Waals surface area contributed by atoms with E-state index in [1.807, 2.05) is 74.0 Å². The molecule has 3 aromatic rings. The van der Waals surface area contributed by atoms with Gasteiger partial charge in [0.25, 0.3) is 0 Å². The lowest BCUT2D eigenvalue weighted by atomic mass is 10.2. The van der Waals surface area contributed by atoms with Crippen LogP contribution in [-0.4, -0.2) is 33.0 Å². The van der Waals surface area contributed by atoms with E-state index in [1.54, 1.807) is 0 Å². The third-order valence-electron chi connectivity index (χ3n) is 3.99. The second-order valence-corrected chi connectivity index (χ2v) is 6.92. The molecule has 0 saturated heterocycles. The SMILES string of the molecule is CCOc1cccc(-c2nnc(SCC(=O)Nc3ccccc3C)n2C)c1. The molecule has 0 aliphatic carbocycles. The predicted octanol–water partition coefficient (Wildman–Crippen LogP) is 3.92. The number of para-hydroxylation sites is 1. The number of aromatic nitrogens is 3. The molecule has 0 aliphatic heterocycles. The number of hydrogen-bond acceptors (Lipinski definition) is 5. The standard InChI is InChI=1S/C20H22N4O2S/c1-4-26-16-10-7-9-15(12-16)19-22-23-20(24(19)3)27-13-18(25)21-17-11-6-5-8-14(17)2/h5-12H,4,13H2,1-3H3,(H,21,25). The van der Waals surface area contributed by atoms with Gasteiger partial charge in [0.2, 0.25) is 5.91 Å². The molecule has 1 N–H and O–H groups in total. The molecule has 3 rings (SSSR count). The molecule has 0 saturated carbocycles. The average molecular weight is 382 g/mol. The first kappa shape index (κ1) is 19.0. The minimum absolute atomic E-state index is 0.0720. The van der Waals surface area contributed by atoms with Gasteiger partial charge in [-0.05, 0) is 37.6 Å². The van der Waals surface area contributed by atoms with Gasteiger partial charge >= 0.3 is 0 Å². The van der Waals surface area contributed by atoms with Crippen molar-refractivity contribution >= 4 is 23.4 Å². The molecule has 1 amide bonds. The summed E-state index contributed by atoms with van der Waals surface area (Å²) in [6.45, 7) is 4.53. The molecule has 0 spiro atoms. The van der Waals surface area contributed by atoms with Crippen LogP contribution in [0.3, 0.4) is 0 Å². The van der Waals surface area contributed by atoms with E-state index in [0.717, 1.165) is 28.4 Å². The summed E-state index contributed by atoms with van der Waals surface area (Å²) in [4.78, 5) is 12.2. The Balaban J connectivity index is 1.66. The van der Waals surface area contributed by atoms with Crippen molar-refractivity contribution in [2.45, 2.75) is 19.0 Å². The maximum Gasteiger partial charge on any atom is 0.234 e. The molecule has 0 atom stereocenters. The largest absolute Gasteiger partial charge is 0.494 e. The van der Waals surface area contributed by atoms with Gasteiger partial charge < -0.3 is 14.6 Å². The van der Waals surface area contributed by atoms with Crippen LogP contribution in [-0.2, 0) is 11.8 Å². The molecule has 0 fully saturated rings. The van der Waals surface area contributed by atoms with Crippen molar-refractivity contribution in [3.8, 4) is 17.1 Å². The van der Waals surface area contributed by atoms with E-state index in [-0.39, 0.29) is 11.7 Å². The van der Waals surface area contributed by atoms with Crippen LogP contribution in [0.5, 0.6) is 5.75 Å². The lowest BCUT2D eigenvalue weighted by Gasteiger charge is -2.08. The molecule has 7 heteroatoms. The Morgan fingerprint density at radius 2 is 2.00 bits per heavy atom. The molecule has 1 heterocycles. The highest BCUT2D eigenvalue weighted by Gasteiger charge is 2.14. The third-order valence-corrected chi connectivity index (χ3v) is 5.01. The van der Waals surface area contributed by atoms with E-state index in [2.05, 4.69) is 15.5 Å². The van der Waals surface area contributed by atoms with Gasteiger partial charge in [-0.25, -0.2) is 0 Å². The number of rotatable bonds is 7. The van der Waals surface area contributed by atoms with Crippen molar-refractivity contribution in [1.82, 2.24) is 14.8 Å². The van der Waals surface area contributed by atoms with Gasteiger partial charge in [0, 0.05) is 18.3 Å². The summed E-state index contributed by atoms with van der Waals surface area (Å²) in [7, 11) is 1.89. The highest BCUT2D eigenvalue weighted by Crippen LogP contribution is 2.25. The minimum Gasteiger partial charge on any atom is -0.494 e. The second kappa shape index (κ2) is 8.73. The Morgan fingerprint density at radius 1 is 1.19 bits per heavy atom.